The molecule has 0 spiro atoms. The largest absolute Gasteiger partial charge is 0.347 e. The summed E-state index contributed by atoms with van der Waals surface area (Å²) >= 11 is 3.43. The highest BCUT2D eigenvalue weighted by atomic mass is 79.9. The lowest BCUT2D eigenvalue weighted by Gasteiger charge is -2.30. The molecule has 0 saturated carbocycles. The molecule has 2 saturated heterocycles. The van der Waals surface area contributed by atoms with Gasteiger partial charge in [0.1, 0.15) is 5.69 Å². The number of carbonyl (C=O) groups is 1. The minimum atomic E-state index is -0.0748. The second kappa shape index (κ2) is 5.10. The van der Waals surface area contributed by atoms with Crippen molar-refractivity contribution in [3.05, 3.63) is 34.8 Å². The van der Waals surface area contributed by atoms with Gasteiger partial charge in [0, 0.05) is 36.0 Å². The average Bonchev–Trinajstić information content (AvgIpc) is 2.99. The highest BCUT2D eigenvalue weighted by molar-refractivity contribution is 9.10. The predicted octanol–water partition coefficient (Wildman–Crippen LogP) is 1.92. The molecule has 1 amide bonds. The molecule has 5 nitrogen and oxygen atoms in total. The van der Waals surface area contributed by atoms with E-state index >= 15 is 0 Å². The van der Waals surface area contributed by atoms with Crippen molar-refractivity contribution in [2.75, 3.05) is 19.6 Å². The number of carbonyl (C=O) groups excluding carboxylic acids is 1. The maximum Gasteiger partial charge on any atom is 0.271 e. The fourth-order valence-corrected chi connectivity index (χ4v) is 3.97. The van der Waals surface area contributed by atoms with Crippen molar-refractivity contribution in [2.24, 2.45) is 5.92 Å². The van der Waals surface area contributed by atoms with E-state index in [1.807, 2.05) is 16.7 Å². The molecule has 1 unspecified atom stereocenters. The summed E-state index contributed by atoms with van der Waals surface area (Å²) in [6.07, 6.45) is 7.81. The van der Waals surface area contributed by atoms with Crippen molar-refractivity contribution < 1.29 is 4.79 Å². The molecule has 6 heteroatoms. The molecule has 2 aromatic heterocycles. The molecule has 2 fully saturated rings. The van der Waals surface area contributed by atoms with Gasteiger partial charge < -0.3 is 14.6 Å². The third kappa shape index (κ3) is 2.58. The van der Waals surface area contributed by atoms with E-state index in [-0.39, 0.29) is 11.9 Å². The second-order valence-corrected chi connectivity index (χ2v) is 7.00. The van der Waals surface area contributed by atoms with Gasteiger partial charge in [-0.2, -0.15) is 0 Å². The molecular formula is C15H17BrN4O. The molecule has 110 valence electrons. The zero-order chi connectivity index (χ0) is 14.4. The number of rotatable bonds is 2. The quantitative estimate of drug-likeness (QED) is 0.901. The topological polar surface area (TPSA) is 49.6 Å². The Morgan fingerprint density at radius 2 is 2.29 bits per heavy atom. The standard InChI is InChI=1S/C15H17BrN4O/c16-11-4-13-5-17-14(9-20(13)7-11)15(21)18-12-3-10-1-2-19(6-10)8-12/h4-5,7,9-10,12H,1-3,6,8H2,(H,18,21)/t10-,12+/m0/s1. The van der Waals surface area contributed by atoms with Crippen LogP contribution in [0.2, 0.25) is 0 Å². The molecule has 0 aliphatic carbocycles. The lowest BCUT2D eigenvalue weighted by Crippen LogP contribution is -2.47. The van der Waals surface area contributed by atoms with E-state index in [4.69, 9.17) is 0 Å². The molecule has 2 aromatic rings. The number of aromatic nitrogens is 2. The second-order valence-electron chi connectivity index (χ2n) is 6.08. The SMILES string of the molecule is O=C(N[C@@H]1C[C@@H]2CCN(C2)C1)c1cn2cc(Br)cc2cn1. The van der Waals surface area contributed by atoms with E-state index in [1.165, 1.54) is 19.5 Å². The maximum atomic E-state index is 12.4. The van der Waals surface area contributed by atoms with Crippen LogP contribution in [-0.2, 0) is 0 Å². The zero-order valence-electron chi connectivity index (χ0n) is 11.6. The van der Waals surface area contributed by atoms with Gasteiger partial charge in [-0.05, 0) is 47.3 Å². The first-order chi connectivity index (χ1) is 10.2. The number of halogens is 1. The summed E-state index contributed by atoms with van der Waals surface area (Å²) in [6, 6.07) is 2.23. The Labute approximate surface area is 131 Å². The van der Waals surface area contributed by atoms with E-state index in [9.17, 15) is 4.79 Å². The lowest BCUT2D eigenvalue weighted by molar-refractivity contribution is 0.0904. The van der Waals surface area contributed by atoms with Crippen LogP contribution in [0.4, 0.5) is 0 Å². The van der Waals surface area contributed by atoms with Crippen molar-refractivity contribution in [3.63, 3.8) is 0 Å². The zero-order valence-corrected chi connectivity index (χ0v) is 13.2. The minimum Gasteiger partial charge on any atom is -0.347 e. The van der Waals surface area contributed by atoms with E-state index in [1.54, 1.807) is 12.4 Å². The van der Waals surface area contributed by atoms with Crippen LogP contribution in [0.15, 0.2) is 29.1 Å². The number of nitrogens with zero attached hydrogens (tertiary/aromatic N) is 3. The van der Waals surface area contributed by atoms with Crippen molar-refractivity contribution >= 4 is 27.4 Å². The van der Waals surface area contributed by atoms with Crippen LogP contribution in [0, 0.1) is 5.92 Å². The number of amides is 1. The summed E-state index contributed by atoms with van der Waals surface area (Å²) < 4.78 is 2.90. The van der Waals surface area contributed by atoms with Crippen LogP contribution in [0.5, 0.6) is 0 Å². The summed E-state index contributed by atoms with van der Waals surface area (Å²) in [7, 11) is 0. The molecule has 0 radical (unpaired) electrons. The van der Waals surface area contributed by atoms with Gasteiger partial charge in [-0.3, -0.25) is 4.79 Å². The third-order valence-corrected chi connectivity index (χ3v) is 4.91. The Balaban J connectivity index is 1.50. The lowest BCUT2D eigenvalue weighted by atomic mass is 9.97. The summed E-state index contributed by atoms with van der Waals surface area (Å²) in [4.78, 5) is 19.1. The summed E-state index contributed by atoms with van der Waals surface area (Å²) in [5.41, 5.74) is 1.44. The summed E-state index contributed by atoms with van der Waals surface area (Å²) in [6.45, 7) is 3.35. The first-order valence-corrected chi connectivity index (χ1v) is 8.13. The van der Waals surface area contributed by atoms with Crippen molar-refractivity contribution in [1.82, 2.24) is 19.6 Å². The molecule has 0 aromatic carbocycles. The van der Waals surface area contributed by atoms with Crippen molar-refractivity contribution in [3.8, 4) is 0 Å². The fourth-order valence-electron chi connectivity index (χ4n) is 3.52. The van der Waals surface area contributed by atoms with Gasteiger partial charge in [-0.1, -0.05) is 0 Å². The van der Waals surface area contributed by atoms with Gasteiger partial charge in [-0.25, -0.2) is 4.98 Å². The molecule has 2 bridgehead atoms. The minimum absolute atomic E-state index is 0.0748. The van der Waals surface area contributed by atoms with Gasteiger partial charge in [-0.15, -0.1) is 0 Å². The summed E-state index contributed by atoms with van der Waals surface area (Å²) in [5, 5.41) is 3.14. The first-order valence-electron chi connectivity index (χ1n) is 7.34. The van der Waals surface area contributed by atoms with Crippen LogP contribution >= 0.6 is 15.9 Å². The predicted molar refractivity (Wildman–Crippen MR) is 83.3 cm³/mol. The molecule has 4 rings (SSSR count). The first kappa shape index (κ1) is 13.3. The normalized spacial score (nSPS) is 28.0. The Bertz CT molecular complexity index is 686. The fraction of sp³-hybridized carbons (Fsp3) is 0.467. The smallest absolute Gasteiger partial charge is 0.271 e. The number of hydrogen-bond donors (Lipinski definition) is 1. The van der Waals surface area contributed by atoms with E-state index in [2.05, 4.69) is 31.1 Å². The van der Waals surface area contributed by atoms with Gasteiger partial charge in [0.2, 0.25) is 0 Å². The monoisotopic (exact) mass is 348 g/mol. The molecule has 2 aliphatic rings. The van der Waals surface area contributed by atoms with Crippen molar-refractivity contribution in [1.29, 1.82) is 0 Å². The number of hydrogen-bond acceptors (Lipinski definition) is 3. The number of nitrogens with one attached hydrogen (secondary N) is 1. The summed E-state index contributed by atoms with van der Waals surface area (Å²) in [5.74, 6) is 0.675. The van der Waals surface area contributed by atoms with Gasteiger partial charge in [0.15, 0.2) is 0 Å². The van der Waals surface area contributed by atoms with E-state index in [0.29, 0.717) is 5.69 Å². The van der Waals surface area contributed by atoms with Gasteiger partial charge in [0.05, 0.1) is 11.7 Å². The molecular weight excluding hydrogens is 332 g/mol. The molecule has 3 atom stereocenters. The van der Waals surface area contributed by atoms with Crippen molar-refractivity contribution in [2.45, 2.75) is 18.9 Å². The van der Waals surface area contributed by atoms with Crippen LogP contribution in [0.3, 0.4) is 0 Å². The van der Waals surface area contributed by atoms with Gasteiger partial charge >= 0.3 is 0 Å². The molecule has 1 N–H and O–H groups in total. The van der Waals surface area contributed by atoms with E-state index < -0.39 is 0 Å². The number of piperidine rings is 1. The van der Waals surface area contributed by atoms with Crippen LogP contribution in [0.25, 0.3) is 5.52 Å². The number of fused-ring (bicyclic) bond motifs is 3. The Morgan fingerprint density at radius 1 is 1.38 bits per heavy atom. The Kier molecular flexibility index (Phi) is 3.23. The molecule has 2 aliphatic heterocycles. The maximum absolute atomic E-state index is 12.4. The molecule has 4 heterocycles. The highest BCUT2D eigenvalue weighted by Gasteiger charge is 2.33. The highest BCUT2D eigenvalue weighted by Crippen LogP contribution is 2.26. The molecule has 21 heavy (non-hydrogen) atoms. The van der Waals surface area contributed by atoms with Crippen LogP contribution in [0.1, 0.15) is 23.3 Å². The third-order valence-electron chi connectivity index (χ3n) is 4.48. The van der Waals surface area contributed by atoms with Gasteiger partial charge in [0.25, 0.3) is 5.91 Å². The average molecular weight is 349 g/mol. The van der Waals surface area contributed by atoms with Crippen LogP contribution < -0.4 is 5.32 Å². The Hall–Kier alpha value is -1.40. The van der Waals surface area contributed by atoms with Crippen LogP contribution in [-0.4, -0.2) is 45.9 Å². The van der Waals surface area contributed by atoms with E-state index in [0.717, 1.165) is 28.9 Å². The Morgan fingerprint density at radius 3 is 3.14 bits per heavy atom.